The van der Waals surface area contributed by atoms with Crippen molar-refractivity contribution in [3.63, 3.8) is 0 Å². The summed E-state index contributed by atoms with van der Waals surface area (Å²) in [6, 6.07) is 8.56. The predicted octanol–water partition coefficient (Wildman–Crippen LogP) is 4.31. The van der Waals surface area contributed by atoms with Gasteiger partial charge in [0.05, 0.1) is 0 Å². The van der Waals surface area contributed by atoms with Crippen LogP contribution < -0.4 is 0 Å². The van der Waals surface area contributed by atoms with Crippen LogP contribution in [0.15, 0.2) is 30.5 Å². The Labute approximate surface area is 143 Å². The molecule has 3 fully saturated rings. The highest BCUT2D eigenvalue weighted by molar-refractivity contribution is 5.84. The predicted molar refractivity (Wildman–Crippen MR) is 95.8 cm³/mol. The summed E-state index contributed by atoms with van der Waals surface area (Å²) in [6.45, 7) is 1.88. The number of nitrogens with zero attached hydrogens (tertiary/aromatic N) is 1. The molecular formula is C21H26N2O. The summed E-state index contributed by atoms with van der Waals surface area (Å²) in [6.07, 6.45) is 9.56. The van der Waals surface area contributed by atoms with Crippen molar-refractivity contribution in [2.75, 3.05) is 13.1 Å². The van der Waals surface area contributed by atoms with Crippen molar-refractivity contribution in [1.82, 2.24) is 9.88 Å². The molecule has 0 radical (unpaired) electrons. The largest absolute Gasteiger partial charge is 0.361 e. The second-order valence-corrected chi connectivity index (χ2v) is 8.17. The molecule has 3 aliphatic rings. The maximum Gasteiger partial charge on any atom is 0.225 e. The van der Waals surface area contributed by atoms with Crippen LogP contribution in [-0.2, 0) is 4.79 Å². The van der Waals surface area contributed by atoms with Gasteiger partial charge >= 0.3 is 0 Å². The number of rotatable bonds is 2. The molecule has 126 valence electrons. The summed E-state index contributed by atoms with van der Waals surface area (Å²) in [4.78, 5) is 18.5. The highest BCUT2D eigenvalue weighted by Crippen LogP contribution is 2.49. The second kappa shape index (κ2) is 5.65. The Morgan fingerprint density at radius 1 is 1.04 bits per heavy atom. The second-order valence-electron chi connectivity index (χ2n) is 8.17. The first kappa shape index (κ1) is 14.6. The molecule has 2 aliphatic carbocycles. The van der Waals surface area contributed by atoms with Gasteiger partial charge in [0.15, 0.2) is 0 Å². The molecular weight excluding hydrogens is 296 g/mol. The summed E-state index contributed by atoms with van der Waals surface area (Å²) in [5.74, 6) is 2.97. The number of hydrogen-bond donors (Lipinski definition) is 1. The molecule has 1 saturated heterocycles. The van der Waals surface area contributed by atoms with Gasteiger partial charge in [-0.2, -0.15) is 0 Å². The third kappa shape index (κ3) is 2.28. The maximum absolute atomic E-state index is 12.9. The van der Waals surface area contributed by atoms with Crippen LogP contribution in [0, 0.1) is 17.8 Å². The Kier molecular flexibility index (Phi) is 3.43. The molecule has 1 aromatic carbocycles. The number of nitrogens with one attached hydrogen (secondary N) is 1. The first-order valence-corrected chi connectivity index (χ1v) is 9.64. The van der Waals surface area contributed by atoms with E-state index in [4.69, 9.17) is 0 Å². The lowest BCUT2D eigenvalue weighted by atomic mass is 9.85. The Bertz CT molecular complexity index is 756. The van der Waals surface area contributed by atoms with E-state index in [0.717, 1.165) is 31.8 Å². The molecule has 1 aliphatic heterocycles. The van der Waals surface area contributed by atoms with Gasteiger partial charge in [-0.3, -0.25) is 4.79 Å². The summed E-state index contributed by atoms with van der Waals surface area (Å²) < 4.78 is 0. The van der Waals surface area contributed by atoms with E-state index in [1.165, 1.54) is 42.1 Å². The Morgan fingerprint density at radius 2 is 1.88 bits per heavy atom. The van der Waals surface area contributed by atoms with Crippen LogP contribution in [-0.4, -0.2) is 28.9 Å². The minimum absolute atomic E-state index is 0.355. The van der Waals surface area contributed by atoms with Crippen molar-refractivity contribution in [2.24, 2.45) is 17.8 Å². The molecule has 5 rings (SSSR count). The number of likely N-dealkylation sites (tertiary alicyclic amines) is 1. The Balaban J connectivity index is 1.27. The molecule has 24 heavy (non-hydrogen) atoms. The van der Waals surface area contributed by atoms with Gasteiger partial charge in [-0.1, -0.05) is 24.6 Å². The molecule has 1 N–H and O–H groups in total. The van der Waals surface area contributed by atoms with Crippen LogP contribution in [0.4, 0.5) is 0 Å². The van der Waals surface area contributed by atoms with E-state index in [1.54, 1.807) is 0 Å². The lowest BCUT2D eigenvalue weighted by molar-refractivity contribution is -0.138. The van der Waals surface area contributed by atoms with E-state index in [2.05, 4.69) is 40.3 Å². The third-order valence-corrected chi connectivity index (χ3v) is 6.92. The molecule has 2 bridgehead atoms. The average Bonchev–Trinajstić information content (AvgIpc) is 3.36. The SMILES string of the molecule is O=C(C1CC2CCC1C2)N1CCC(c2c[nH]c3ccccc23)CC1. The van der Waals surface area contributed by atoms with E-state index in [9.17, 15) is 4.79 Å². The number of amides is 1. The van der Waals surface area contributed by atoms with Crippen LogP contribution in [0.5, 0.6) is 0 Å². The topological polar surface area (TPSA) is 36.1 Å². The van der Waals surface area contributed by atoms with Gasteiger partial charge in [-0.05, 0) is 61.5 Å². The van der Waals surface area contributed by atoms with E-state index in [0.29, 0.717) is 23.7 Å². The molecule has 1 amide bonds. The number of fused-ring (bicyclic) bond motifs is 3. The van der Waals surface area contributed by atoms with E-state index in [-0.39, 0.29) is 0 Å². The summed E-state index contributed by atoms with van der Waals surface area (Å²) in [5.41, 5.74) is 2.67. The average molecular weight is 322 g/mol. The van der Waals surface area contributed by atoms with E-state index in [1.807, 2.05) is 0 Å². The normalized spacial score (nSPS) is 30.3. The molecule has 3 atom stereocenters. The quantitative estimate of drug-likeness (QED) is 0.878. The molecule has 2 aromatic rings. The van der Waals surface area contributed by atoms with E-state index < -0.39 is 0 Å². The highest BCUT2D eigenvalue weighted by Gasteiger charge is 2.44. The zero-order chi connectivity index (χ0) is 16.1. The van der Waals surface area contributed by atoms with Gasteiger partial charge in [0.25, 0.3) is 0 Å². The molecule has 1 aromatic heterocycles. The van der Waals surface area contributed by atoms with Crippen LogP contribution in [0.2, 0.25) is 0 Å². The van der Waals surface area contributed by atoms with Gasteiger partial charge in [0.2, 0.25) is 5.91 Å². The summed E-state index contributed by atoms with van der Waals surface area (Å²) in [7, 11) is 0. The van der Waals surface area contributed by atoms with Gasteiger partial charge in [0, 0.05) is 36.1 Å². The Morgan fingerprint density at radius 3 is 2.62 bits per heavy atom. The van der Waals surface area contributed by atoms with Gasteiger partial charge < -0.3 is 9.88 Å². The van der Waals surface area contributed by atoms with Crippen LogP contribution >= 0.6 is 0 Å². The fourth-order valence-corrected chi connectivity index (χ4v) is 5.62. The smallest absolute Gasteiger partial charge is 0.225 e. The zero-order valence-corrected chi connectivity index (χ0v) is 14.2. The number of piperidine rings is 1. The number of aromatic nitrogens is 1. The minimum atomic E-state index is 0.355. The number of aromatic amines is 1. The van der Waals surface area contributed by atoms with Crippen molar-refractivity contribution in [3.05, 3.63) is 36.0 Å². The molecule has 0 spiro atoms. The first-order valence-electron chi connectivity index (χ1n) is 9.64. The third-order valence-electron chi connectivity index (χ3n) is 6.92. The van der Waals surface area contributed by atoms with Crippen molar-refractivity contribution in [3.8, 4) is 0 Å². The number of carbonyl (C=O) groups excluding carboxylic acids is 1. The molecule has 3 heteroatoms. The van der Waals surface area contributed by atoms with Gasteiger partial charge in [-0.25, -0.2) is 0 Å². The monoisotopic (exact) mass is 322 g/mol. The lowest BCUT2D eigenvalue weighted by Gasteiger charge is -2.35. The molecule has 2 saturated carbocycles. The number of para-hydroxylation sites is 1. The first-order chi connectivity index (χ1) is 11.8. The van der Waals surface area contributed by atoms with Crippen LogP contribution in [0.1, 0.15) is 50.0 Å². The highest BCUT2D eigenvalue weighted by atomic mass is 16.2. The molecule has 3 unspecified atom stereocenters. The molecule has 2 heterocycles. The van der Waals surface area contributed by atoms with E-state index >= 15 is 0 Å². The van der Waals surface area contributed by atoms with Crippen molar-refractivity contribution in [1.29, 1.82) is 0 Å². The van der Waals surface area contributed by atoms with Gasteiger partial charge in [0.1, 0.15) is 0 Å². The Hall–Kier alpha value is -1.77. The number of hydrogen-bond acceptors (Lipinski definition) is 1. The minimum Gasteiger partial charge on any atom is -0.361 e. The summed E-state index contributed by atoms with van der Waals surface area (Å²) in [5, 5.41) is 1.36. The fraction of sp³-hybridized carbons (Fsp3) is 0.571. The van der Waals surface area contributed by atoms with Crippen molar-refractivity contribution >= 4 is 16.8 Å². The maximum atomic E-state index is 12.9. The van der Waals surface area contributed by atoms with Crippen LogP contribution in [0.25, 0.3) is 10.9 Å². The fourth-order valence-electron chi connectivity index (χ4n) is 5.62. The van der Waals surface area contributed by atoms with Crippen molar-refractivity contribution in [2.45, 2.75) is 44.4 Å². The number of H-pyrrole nitrogens is 1. The lowest BCUT2D eigenvalue weighted by Crippen LogP contribution is -2.42. The van der Waals surface area contributed by atoms with Crippen LogP contribution in [0.3, 0.4) is 0 Å². The van der Waals surface area contributed by atoms with Gasteiger partial charge in [-0.15, -0.1) is 0 Å². The molecule has 3 nitrogen and oxygen atoms in total. The summed E-state index contributed by atoms with van der Waals surface area (Å²) >= 11 is 0. The standard InChI is InChI=1S/C21H26N2O/c24-21(18-12-14-5-6-16(18)11-14)23-9-7-15(8-10-23)19-13-22-20-4-2-1-3-17(19)20/h1-4,13-16,18,22H,5-12H2. The number of carbonyl (C=O) groups is 1. The zero-order valence-electron chi connectivity index (χ0n) is 14.2. The number of benzene rings is 1. The van der Waals surface area contributed by atoms with Crippen molar-refractivity contribution < 1.29 is 4.79 Å².